The number of nitrogens with one attached hydrogen (secondary N) is 1. The molecule has 2 rings (SSSR count). The molecule has 2 aromatic rings. The first-order chi connectivity index (χ1) is 6.81. The Morgan fingerprint density at radius 3 is 3.00 bits per heavy atom. The minimum Gasteiger partial charge on any atom is -0.396 e. The molecule has 0 aliphatic carbocycles. The molecule has 0 saturated heterocycles. The molecule has 0 spiro atoms. The number of rotatable bonds is 3. The predicted octanol–water partition coefficient (Wildman–Crippen LogP) is 1.55. The molecule has 0 aliphatic heterocycles. The van der Waals surface area contributed by atoms with Crippen LogP contribution in [0.25, 0.3) is 10.9 Å². The molecule has 1 heterocycles. The summed E-state index contributed by atoms with van der Waals surface area (Å²) in [5.41, 5.74) is 8.05. The van der Waals surface area contributed by atoms with Crippen LogP contribution in [0.1, 0.15) is 18.0 Å². The van der Waals surface area contributed by atoms with Gasteiger partial charge in [0.25, 0.3) is 0 Å². The average Bonchev–Trinajstić information content (AvgIpc) is 2.64. The van der Waals surface area contributed by atoms with Crippen LogP contribution in [-0.2, 0) is 0 Å². The first-order valence-corrected chi connectivity index (χ1v) is 4.75. The maximum absolute atomic E-state index is 8.78. The number of benzene rings is 1. The third kappa shape index (κ3) is 1.64. The van der Waals surface area contributed by atoms with Crippen LogP contribution in [0.3, 0.4) is 0 Å². The number of hydrogen-bond donors (Lipinski definition) is 3. The van der Waals surface area contributed by atoms with E-state index >= 15 is 0 Å². The first kappa shape index (κ1) is 9.24. The number of aliphatic hydroxyl groups is 1. The summed E-state index contributed by atoms with van der Waals surface area (Å²) in [5.74, 6) is 0. The largest absolute Gasteiger partial charge is 0.396 e. The lowest BCUT2D eigenvalue weighted by atomic mass is 10.0. The zero-order chi connectivity index (χ0) is 9.97. The number of aromatic amines is 1. The van der Waals surface area contributed by atoms with Gasteiger partial charge in [-0.1, -0.05) is 12.1 Å². The highest BCUT2D eigenvalue weighted by atomic mass is 16.3. The number of aliphatic hydroxyl groups excluding tert-OH is 1. The minimum atomic E-state index is -0.0762. The monoisotopic (exact) mass is 190 g/mol. The van der Waals surface area contributed by atoms with Gasteiger partial charge in [0.1, 0.15) is 0 Å². The van der Waals surface area contributed by atoms with E-state index in [1.54, 1.807) is 0 Å². The van der Waals surface area contributed by atoms with E-state index in [0.717, 1.165) is 11.1 Å². The average molecular weight is 190 g/mol. The van der Waals surface area contributed by atoms with Crippen molar-refractivity contribution in [3.8, 4) is 0 Å². The molecule has 14 heavy (non-hydrogen) atoms. The summed E-state index contributed by atoms with van der Waals surface area (Å²) in [6.07, 6.45) is 2.51. The van der Waals surface area contributed by atoms with Gasteiger partial charge < -0.3 is 15.8 Å². The van der Waals surface area contributed by atoms with Crippen molar-refractivity contribution in [2.75, 3.05) is 6.61 Å². The topological polar surface area (TPSA) is 62.0 Å². The van der Waals surface area contributed by atoms with Gasteiger partial charge in [0.15, 0.2) is 0 Å². The molecule has 0 radical (unpaired) electrons. The van der Waals surface area contributed by atoms with E-state index in [2.05, 4.69) is 4.98 Å². The highest BCUT2D eigenvalue weighted by Crippen LogP contribution is 2.19. The van der Waals surface area contributed by atoms with Crippen LogP contribution < -0.4 is 5.73 Å². The number of H-pyrrole nitrogens is 1. The molecule has 3 nitrogen and oxygen atoms in total. The van der Waals surface area contributed by atoms with Crippen molar-refractivity contribution in [1.29, 1.82) is 0 Å². The van der Waals surface area contributed by atoms with Crippen LogP contribution in [0.2, 0.25) is 0 Å². The van der Waals surface area contributed by atoms with Crippen LogP contribution in [0.4, 0.5) is 0 Å². The molecule has 1 atom stereocenters. The Hall–Kier alpha value is -1.32. The highest BCUT2D eigenvalue weighted by Gasteiger charge is 2.05. The predicted molar refractivity (Wildman–Crippen MR) is 56.9 cm³/mol. The summed E-state index contributed by atoms with van der Waals surface area (Å²) in [7, 11) is 0. The second-order valence-electron chi connectivity index (χ2n) is 3.44. The van der Waals surface area contributed by atoms with Crippen LogP contribution in [0, 0.1) is 0 Å². The molecule has 0 aliphatic rings. The molecular formula is C11H14N2O. The Kier molecular flexibility index (Phi) is 2.52. The van der Waals surface area contributed by atoms with Crippen molar-refractivity contribution in [1.82, 2.24) is 4.98 Å². The van der Waals surface area contributed by atoms with Gasteiger partial charge in [-0.25, -0.2) is 0 Å². The summed E-state index contributed by atoms with van der Waals surface area (Å²) >= 11 is 0. The van der Waals surface area contributed by atoms with Gasteiger partial charge in [0.2, 0.25) is 0 Å². The number of fused-ring (bicyclic) bond motifs is 1. The Bertz CT molecular complexity index is 422. The molecule has 4 N–H and O–H groups in total. The SMILES string of the molecule is NC(CCO)c1ccc2cc[nH]c2c1. The third-order valence-corrected chi connectivity index (χ3v) is 2.45. The van der Waals surface area contributed by atoms with Gasteiger partial charge in [-0.15, -0.1) is 0 Å². The van der Waals surface area contributed by atoms with Crippen molar-refractivity contribution in [2.45, 2.75) is 12.5 Å². The maximum atomic E-state index is 8.78. The number of nitrogens with two attached hydrogens (primary N) is 1. The van der Waals surface area contributed by atoms with E-state index in [1.165, 1.54) is 5.39 Å². The zero-order valence-electron chi connectivity index (χ0n) is 7.90. The Balaban J connectivity index is 2.33. The summed E-state index contributed by atoms with van der Waals surface area (Å²) in [4.78, 5) is 3.14. The quantitative estimate of drug-likeness (QED) is 0.687. The van der Waals surface area contributed by atoms with Crippen LogP contribution >= 0.6 is 0 Å². The van der Waals surface area contributed by atoms with Crippen molar-refractivity contribution in [2.24, 2.45) is 5.73 Å². The van der Waals surface area contributed by atoms with E-state index in [0.29, 0.717) is 6.42 Å². The van der Waals surface area contributed by atoms with Crippen molar-refractivity contribution >= 4 is 10.9 Å². The van der Waals surface area contributed by atoms with Gasteiger partial charge in [-0.3, -0.25) is 0 Å². The molecule has 1 unspecified atom stereocenters. The molecule has 0 amide bonds. The highest BCUT2D eigenvalue weighted by molar-refractivity contribution is 5.79. The summed E-state index contributed by atoms with van der Waals surface area (Å²) < 4.78 is 0. The molecule has 1 aromatic heterocycles. The van der Waals surface area contributed by atoms with Gasteiger partial charge >= 0.3 is 0 Å². The van der Waals surface area contributed by atoms with Crippen molar-refractivity contribution in [3.05, 3.63) is 36.0 Å². The van der Waals surface area contributed by atoms with E-state index in [1.807, 2.05) is 30.5 Å². The van der Waals surface area contributed by atoms with Gasteiger partial charge in [-0.05, 0) is 29.5 Å². The lowest BCUT2D eigenvalue weighted by molar-refractivity contribution is 0.276. The van der Waals surface area contributed by atoms with Gasteiger partial charge in [0, 0.05) is 24.4 Å². The fourth-order valence-corrected chi connectivity index (χ4v) is 1.60. The van der Waals surface area contributed by atoms with E-state index in [4.69, 9.17) is 10.8 Å². The molecule has 0 fully saturated rings. The smallest absolute Gasteiger partial charge is 0.0457 e. The fraction of sp³-hybridized carbons (Fsp3) is 0.273. The number of hydrogen-bond acceptors (Lipinski definition) is 2. The maximum Gasteiger partial charge on any atom is 0.0457 e. The summed E-state index contributed by atoms with van der Waals surface area (Å²) in [5, 5.41) is 9.97. The van der Waals surface area contributed by atoms with Crippen LogP contribution in [0.5, 0.6) is 0 Å². The molecule has 0 bridgehead atoms. The lowest BCUT2D eigenvalue weighted by Crippen LogP contribution is -2.11. The third-order valence-electron chi connectivity index (χ3n) is 2.45. The van der Waals surface area contributed by atoms with Crippen molar-refractivity contribution < 1.29 is 5.11 Å². The fourth-order valence-electron chi connectivity index (χ4n) is 1.60. The summed E-state index contributed by atoms with van der Waals surface area (Å²) in [6, 6.07) is 8.04. The molecular weight excluding hydrogens is 176 g/mol. The summed E-state index contributed by atoms with van der Waals surface area (Å²) in [6.45, 7) is 0.129. The Labute approximate surface area is 82.6 Å². The van der Waals surface area contributed by atoms with Crippen LogP contribution in [0.15, 0.2) is 30.5 Å². The Morgan fingerprint density at radius 2 is 2.21 bits per heavy atom. The normalized spacial score (nSPS) is 13.3. The van der Waals surface area contributed by atoms with E-state index < -0.39 is 0 Å². The molecule has 3 heteroatoms. The second kappa shape index (κ2) is 3.82. The van der Waals surface area contributed by atoms with Gasteiger partial charge in [-0.2, -0.15) is 0 Å². The minimum absolute atomic E-state index is 0.0762. The van der Waals surface area contributed by atoms with Gasteiger partial charge in [0.05, 0.1) is 0 Å². The lowest BCUT2D eigenvalue weighted by Gasteiger charge is -2.09. The molecule has 1 aromatic carbocycles. The molecule has 0 saturated carbocycles. The second-order valence-corrected chi connectivity index (χ2v) is 3.44. The van der Waals surface area contributed by atoms with E-state index in [9.17, 15) is 0 Å². The Morgan fingerprint density at radius 1 is 1.36 bits per heavy atom. The molecule has 74 valence electrons. The van der Waals surface area contributed by atoms with Crippen LogP contribution in [-0.4, -0.2) is 16.7 Å². The van der Waals surface area contributed by atoms with E-state index in [-0.39, 0.29) is 12.6 Å². The van der Waals surface area contributed by atoms with Crippen molar-refractivity contribution in [3.63, 3.8) is 0 Å². The standard InChI is InChI=1S/C11H14N2O/c12-10(4-6-14)9-2-1-8-3-5-13-11(8)7-9/h1-3,5,7,10,13-14H,4,6,12H2. The zero-order valence-corrected chi connectivity index (χ0v) is 7.90. The first-order valence-electron chi connectivity index (χ1n) is 4.75. The number of aromatic nitrogens is 1.